The molecule has 0 aliphatic carbocycles. The highest BCUT2D eigenvalue weighted by Crippen LogP contribution is 2.23. The number of anilines is 1. The first kappa shape index (κ1) is 15.3. The average Bonchev–Trinajstić information content (AvgIpc) is 2.43. The van der Waals surface area contributed by atoms with Gasteiger partial charge >= 0.3 is 0 Å². The topological polar surface area (TPSA) is 29.1 Å². The quantitative estimate of drug-likeness (QED) is 0.882. The molecule has 2 aromatic rings. The van der Waals surface area contributed by atoms with Crippen LogP contribution in [0.25, 0.3) is 0 Å². The van der Waals surface area contributed by atoms with Crippen LogP contribution >= 0.6 is 0 Å². The van der Waals surface area contributed by atoms with Gasteiger partial charge in [-0.2, -0.15) is 0 Å². The number of carbonyl (C=O) groups is 1. The van der Waals surface area contributed by atoms with Crippen molar-refractivity contribution >= 4 is 11.6 Å². The summed E-state index contributed by atoms with van der Waals surface area (Å²) in [5.41, 5.74) is 5.60. The molecule has 0 radical (unpaired) electrons. The molecule has 0 aromatic heterocycles. The van der Waals surface area contributed by atoms with E-state index >= 15 is 0 Å². The Morgan fingerprint density at radius 3 is 2.19 bits per heavy atom. The van der Waals surface area contributed by atoms with E-state index in [0.29, 0.717) is 0 Å². The molecule has 0 saturated heterocycles. The normalized spacial score (nSPS) is 12.0. The van der Waals surface area contributed by atoms with Crippen LogP contribution in [0.3, 0.4) is 0 Å². The van der Waals surface area contributed by atoms with Gasteiger partial charge in [0, 0.05) is 11.6 Å². The predicted molar refractivity (Wildman–Crippen MR) is 88.6 cm³/mol. The molecule has 0 saturated carbocycles. The minimum Gasteiger partial charge on any atom is -0.325 e. The van der Waals surface area contributed by atoms with E-state index in [-0.39, 0.29) is 11.8 Å². The third-order valence-corrected chi connectivity index (χ3v) is 3.76. The fourth-order valence-corrected chi connectivity index (χ4v) is 2.68. The maximum atomic E-state index is 12.4. The standard InChI is InChI=1S/C19H23NO/c1-13-10-14(2)18(15(3)11-13)20-19(21)16(4)12-17-8-6-5-7-9-17/h5-11,16H,12H2,1-4H3,(H,20,21)/t16-/m0/s1. The van der Waals surface area contributed by atoms with Crippen LogP contribution < -0.4 is 5.32 Å². The molecular weight excluding hydrogens is 258 g/mol. The number of nitrogens with one attached hydrogen (secondary N) is 1. The Balaban J connectivity index is 2.08. The van der Waals surface area contributed by atoms with Gasteiger partial charge in [0.2, 0.25) is 5.91 Å². The van der Waals surface area contributed by atoms with Crippen molar-refractivity contribution in [3.8, 4) is 0 Å². The fourth-order valence-electron chi connectivity index (χ4n) is 2.68. The lowest BCUT2D eigenvalue weighted by atomic mass is 9.99. The van der Waals surface area contributed by atoms with E-state index in [2.05, 4.69) is 36.5 Å². The molecule has 2 nitrogen and oxygen atoms in total. The molecule has 21 heavy (non-hydrogen) atoms. The summed E-state index contributed by atoms with van der Waals surface area (Å²) >= 11 is 0. The molecule has 2 heteroatoms. The maximum absolute atomic E-state index is 12.4. The van der Waals surface area contributed by atoms with Gasteiger partial charge in [0.05, 0.1) is 0 Å². The first-order chi connectivity index (χ1) is 9.97. The minimum atomic E-state index is -0.0486. The number of hydrogen-bond acceptors (Lipinski definition) is 1. The van der Waals surface area contributed by atoms with E-state index in [9.17, 15) is 4.79 Å². The summed E-state index contributed by atoms with van der Waals surface area (Å²) in [7, 11) is 0. The Bertz CT molecular complexity index is 608. The second-order valence-electron chi connectivity index (χ2n) is 5.85. The number of rotatable bonds is 4. The highest BCUT2D eigenvalue weighted by atomic mass is 16.1. The van der Waals surface area contributed by atoms with Gasteiger partial charge in [0.15, 0.2) is 0 Å². The number of amides is 1. The molecule has 110 valence electrons. The summed E-state index contributed by atoms with van der Waals surface area (Å²) < 4.78 is 0. The van der Waals surface area contributed by atoms with E-state index in [4.69, 9.17) is 0 Å². The van der Waals surface area contributed by atoms with E-state index in [1.807, 2.05) is 39.0 Å². The number of carbonyl (C=O) groups excluding carboxylic acids is 1. The number of hydrogen-bond donors (Lipinski definition) is 1. The molecular formula is C19H23NO. The lowest BCUT2D eigenvalue weighted by Crippen LogP contribution is -2.23. The summed E-state index contributed by atoms with van der Waals surface area (Å²) in [5.74, 6) is 0.0291. The van der Waals surface area contributed by atoms with Crippen LogP contribution in [0.5, 0.6) is 0 Å². The lowest BCUT2D eigenvalue weighted by Gasteiger charge is -2.16. The third-order valence-electron chi connectivity index (χ3n) is 3.76. The van der Waals surface area contributed by atoms with Crippen molar-refractivity contribution in [2.45, 2.75) is 34.1 Å². The zero-order valence-corrected chi connectivity index (χ0v) is 13.2. The molecule has 0 heterocycles. The zero-order chi connectivity index (χ0) is 15.4. The van der Waals surface area contributed by atoms with Crippen molar-refractivity contribution in [3.05, 3.63) is 64.7 Å². The summed E-state index contributed by atoms with van der Waals surface area (Å²) in [6.45, 7) is 8.12. The van der Waals surface area contributed by atoms with E-state index in [1.165, 1.54) is 11.1 Å². The van der Waals surface area contributed by atoms with Crippen LogP contribution in [-0.4, -0.2) is 5.91 Å². The molecule has 0 aliphatic rings. The van der Waals surface area contributed by atoms with Crippen LogP contribution in [0.2, 0.25) is 0 Å². The molecule has 0 fully saturated rings. The second-order valence-corrected chi connectivity index (χ2v) is 5.85. The van der Waals surface area contributed by atoms with Crippen molar-refractivity contribution in [1.82, 2.24) is 0 Å². The molecule has 0 bridgehead atoms. The molecule has 2 rings (SSSR count). The summed E-state index contributed by atoms with van der Waals surface area (Å²) in [6.07, 6.45) is 0.761. The average molecular weight is 281 g/mol. The molecule has 2 aromatic carbocycles. The van der Waals surface area contributed by atoms with Gasteiger partial charge < -0.3 is 5.32 Å². The Hall–Kier alpha value is -2.09. The largest absolute Gasteiger partial charge is 0.325 e. The Labute approximate surface area is 127 Å². The highest BCUT2D eigenvalue weighted by molar-refractivity contribution is 5.94. The molecule has 0 aliphatic heterocycles. The molecule has 1 N–H and O–H groups in total. The summed E-state index contributed by atoms with van der Waals surface area (Å²) in [4.78, 5) is 12.4. The third kappa shape index (κ3) is 3.94. The second kappa shape index (κ2) is 6.57. The number of aryl methyl sites for hydroxylation is 3. The van der Waals surface area contributed by atoms with Gasteiger partial charge in [0.25, 0.3) is 0 Å². The van der Waals surface area contributed by atoms with Gasteiger partial charge in [-0.05, 0) is 43.9 Å². The van der Waals surface area contributed by atoms with Gasteiger partial charge in [0.1, 0.15) is 0 Å². The molecule has 1 amide bonds. The Kier molecular flexibility index (Phi) is 4.79. The van der Waals surface area contributed by atoms with Crippen LogP contribution in [0.1, 0.15) is 29.2 Å². The van der Waals surface area contributed by atoms with Gasteiger partial charge in [-0.3, -0.25) is 4.79 Å². The SMILES string of the molecule is Cc1cc(C)c(NC(=O)[C@@H](C)Cc2ccccc2)c(C)c1. The van der Waals surface area contributed by atoms with Gasteiger partial charge in [-0.15, -0.1) is 0 Å². The summed E-state index contributed by atoms with van der Waals surface area (Å²) in [5, 5.41) is 3.09. The van der Waals surface area contributed by atoms with Crippen molar-refractivity contribution in [1.29, 1.82) is 0 Å². The highest BCUT2D eigenvalue weighted by Gasteiger charge is 2.15. The molecule has 0 unspecified atom stereocenters. The first-order valence-electron chi connectivity index (χ1n) is 7.40. The predicted octanol–water partition coefficient (Wildman–Crippen LogP) is 4.43. The minimum absolute atomic E-state index is 0.0486. The smallest absolute Gasteiger partial charge is 0.227 e. The monoisotopic (exact) mass is 281 g/mol. The molecule has 0 spiro atoms. The zero-order valence-electron chi connectivity index (χ0n) is 13.2. The van der Waals surface area contributed by atoms with Crippen molar-refractivity contribution in [2.75, 3.05) is 5.32 Å². The Morgan fingerprint density at radius 2 is 1.62 bits per heavy atom. The van der Waals surface area contributed by atoms with Crippen molar-refractivity contribution < 1.29 is 4.79 Å². The van der Waals surface area contributed by atoms with Gasteiger partial charge in [-0.1, -0.05) is 55.0 Å². The molecule has 1 atom stereocenters. The van der Waals surface area contributed by atoms with E-state index < -0.39 is 0 Å². The fraction of sp³-hybridized carbons (Fsp3) is 0.316. The summed E-state index contributed by atoms with van der Waals surface area (Å²) in [6, 6.07) is 14.3. The maximum Gasteiger partial charge on any atom is 0.227 e. The van der Waals surface area contributed by atoms with E-state index in [0.717, 1.165) is 23.2 Å². The van der Waals surface area contributed by atoms with Gasteiger partial charge in [-0.25, -0.2) is 0 Å². The number of benzene rings is 2. The lowest BCUT2D eigenvalue weighted by molar-refractivity contribution is -0.119. The van der Waals surface area contributed by atoms with Crippen LogP contribution in [0.15, 0.2) is 42.5 Å². The van der Waals surface area contributed by atoms with Crippen molar-refractivity contribution in [2.24, 2.45) is 5.92 Å². The van der Waals surface area contributed by atoms with Crippen LogP contribution in [-0.2, 0) is 11.2 Å². The Morgan fingerprint density at radius 1 is 1.05 bits per heavy atom. The van der Waals surface area contributed by atoms with Crippen LogP contribution in [0.4, 0.5) is 5.69 Å². The van der Waals surface area contributed by atoms with Crippen molar-refractivity contribution in [3.63, 3.8) is 0 Å². The first-order valence-corrected chi connectivity index (χ1v) is 7.40. The van der Waals surface area contributed by atoms with E-state index in [1.54, 1.807) is 0 Å². The van der Waals surface area contributed by atoms with Crippen LogP contribution in [0, 0.1) is 26.7 Å².